The van der Waals surface area contributed by atoms with Crippen molar-refractivity contribution in [2.75, 3.05) is 40.4 Å². The van der Waals surface area contributed by atoms with Crippen molar-refractivity contribution in [2.24, 2.45) is 5.73 Å². The molecular weight excluding hydrogens is 531 g/mol. The Hall–Kier alpha value is -3.97. The number of halogens is 3. The number of nitrogens with two attached hydrogens (primary N) is 1. The number of amides is 2. The molecule has 13 heteroatoms. The highest BCUT2D eigenvalue weighted by Gasteiger charge is 2.36. The zero-order chi connectivity index (χ0) is 29.4. The Kier molecular flexibility index (Phi) is 7.90. The van der Waals surface area contributed by atoms with Crippen molar-refractivity contribution in [3.8, 4) is 17.2 Å². The smallest absolute Gasteiger partial charge is 0.433 e. The van der Waals surface area contributed by atoms with Gasteiger partial charge in [-0.3, -0.25) is 9.59 Å². The Morgan fingerprint density at radius 2 is 1.73 bits per heavy atom. The van der Waals surface area contributed by atoms with E-state index in [4.69, 9.17) is 19.6 Å². The predicted octanol–water partition coefficient (Wildman–Crippen LogP) is 3.81. The summed E-state index contributed by atoms with van der Waals surface area (Å²) in [5.74, 6) is -0.497. The summed E-state index contributed by atoms with van der Waals surface area (Å²) in [4.78, 5) is 37.7. The minimum atomic E-state index is -4.66. The summed E-state index contributed by atoms with van der Waals surface area (Å²) in [6, 6.07) is 4.22. The summed E-state index contributed by atoms with van der Waals surface area (Å²) >= 11 is 0. The van der Waals surface area contributed by atoms with E-state index in [9.17, 15) is 22.8 Å². The lowest BCUT2D eigenvalue weighted by Crippen LogP contribution is -2.55. The Balaban J connectivity index is 1.70. The minimum Gasteiger partial charge on any atom is -0.494 e. The molecule has 3 heterocycles. The van der Waals surface area contributed by atoms with E-state index in [-0.39, 0.29) is 53.0 Å². The number of pyridine rings is 1. The molecule has 0 radical (unpaired) electrons. The predicted molar refractivity (Wildman–Crippen MR) is 139 cm³/mol. The average molecular weight is 562 g/mol. The van der Waals surface area contributed by atoms with E-state index in [0.717, 1.165) is 6.07 Å². The highest BCUT2D eigenvalue weighted by Crippen LogP contribution is 2.37. The molecule has 2 N–H and O–H groups in total. The Morgan fingerprint density at radius 3 is 2.30 bits per heavy atom. The lowest BCUT2D eigenvalue weighted by molar-refractivity contribution is -0.152. The molecule has 4 rings (SSSR count). The van der Waals surface area contributed by atoms with Gasteiger partial charge in [0.2, 0.25) is 5.89 Å². The van der Waals surface area contributed by atoms with Gasteiger partial charge in [-0.05, 0) is 38.1 Å². The number of carbonyl (C=O) groups excluding carboxylic acids is 2. The van der Waals surface area contributed by atoms with Crippen LogP contribution in [0.15, 0.2) is 41.3 Å². The molecule has 214 valence electrons. The fraction of sp³-hybridized carbons (Fsp3) is 0.407. The second kappa shape index (κ2) is 10.9. The number of benzene rings is 1. The minimum absolute atomic E-state index is 0.0273. The molecule has 0 spiro atoms. The third kappa shape index (κ3) is 5.39. The van der Waals surface area contributed by atoms with Gasteiger partial charge in [0.25, 0.3) is 11.8 Å². The van der Waals surface area contributed by atoms with Crippen LogP contribution in [-0.4, -0.2) is 77.6 Å². The Bertz CT molecular complexity index is 1440. The van der Waals surface area contributed by atoms with Crippen molar-refractivity contribution in [1.82, 2.24) is 19.8 Å². The first-order valence-electron chi connectivity index (χ1n) is 12.4. The quantitative estimate of drug-likeness (QED) is 0.432. The van der Waals surface area contributed by atoms with E-state index in [1.54, 1.807) is 24.8 Å². The van der Waals surface area contributed by atoms with Crippen LogP contribution in [0.4, 0.5) is 13.2 Å². The van der Waals surface area contributed by atoms with Crippen LogP contribution in [0.5, 0.6) is 5.75 Å². The van der Waals surface area contributed by atoms with Crippen LogP contribution in [0.3, 0.4) is 0 Å². The SMILES string of the molecule is C=C[C@H](N)c1oc(-c2ccc(OC)c3nc(C(F)(F)F)ccc23)nc1C(=O)N1CCN(C(=O)C(C)(C)OC)CC1. The van der Waals surface area contributed by atoms with Crippen molar-refractivity contribution in [1.29, 1.82) is 0 Å². The summed E-state index contributed by atoms with van der Waals surface area (Å²) in [5, 5.41) is 0.277. The van der Waals surface area contributed by atoms with Gasteiger partial charge in [-0.1, -0.05) is 6.08 Å². The molecule has 1 atom stereocenters. The summed E-state index contributed by atoms with van der Waals surface area (Å²) in [7, 11) is 2.78. The summed E-state index contributed by atoms with van der Waals surface area (Å²) in [6.07, 6.45) is -3.27. The molecule has 2 aromatic heterocycles. The zero-order valence-corrected chi connectivity index (χ0v) is 22.5. The Morgan fingerprint density at radius 1 is 1.07 bits per heavy atom. The highest BCUT2D eigenvalue weighted by molar-refractivity contribution is 5.98. The van der Waals surface area contributed by atoms with Crippen LogP contribution < -0.4 is 10.5 Å². The van der Waals surface area contributed by atoms with Gasteiger partial charge >= 0.3 is 6.18 Å². The number of hydrogen-bond donors (Lipinski definition) is 1. The molecule has 3 aromatic rings. The first-order chi connectivity index (χ1) is 18.8. The van der Waals surface area contributed by atoms with Gasteiger partial charge in [0.05, 0.1) is 13.2 Å². The number of ether oxygens (including phenoxy) is 2. The molecule has 2 amide bonds. The molecule has 10 nitrogen and oxygen atoms in total. The van der Waals surface area contributed by atoms with Crippen molar-refractivity contribution in [3.05, 3.63) is 54.1 Å². The van der Waals surface area contributed by atoms with Gasteiger partial charge in [0, 0.05) is 44.2 Å². The largest absolute Gasteiger partial charge is 0.494 e. The third-order valence-corrected chi connectivity index (χ3v) is 6.85. The van der Waals surface area contributed by atoms with E-state index in [2.05, 4.69) is 16.5 Å². The molecule has 1 aliphatic heterocycles. The van der Waals surface area contributed by atoms with Gasteiger partial charge < -0.3 is 29.4 Å². The molecule has 1 saturated heterocycles. The number of aromatic nitrogens is 2. The number of nitrogens with zero attached hydrogens (tertiary/aromatic N) is 4. The molecule has 0 aliphatic carbocycles. The molecular formula is C27H30F3N5O5. The standard InChI is InChI=1S/C27H30F3N5O5/c1-6-17(31)22-21(24(36)34-11-13-35(14-12-34)25(37)26(2,3)39-5)33-23(40-22)16-7-9-18(38-4)20-15(16)8-10-19(32-20)27(28,29)30/h6-10,17H,1,11-14,31H2,2-5H3/t17-/m0/s1. The third-order valence-electron chi connectivity index (χ3n) is 6.85. The number of methoxy groups -OCH3 is 2. The lowest BCUT2D eigenvalue weighted by atomic mass is 10.1. The van der Waals surface area contributed by atoms with Crippen LogP contribution in [0.25, 0.3) is 22.4 Å². The van der Waals surface area contributed by atoms with Gasteiger partial charge in [0.15, 0.2) is 11.5 Å². The van der Waals surface area contributed by atoms with Crippen molar-refractivity contribution >= 4 is 22.7 Å². The van der Waals surface area contributed by atoms with Crippen molar-refractivity contribution < 1.29 is 36.7 Å². The van der Waals surface area contributed by atoms with Crippen LogP contribution in [0, 0.1) is 0 Å². The van der Waals surface area contributed by atoms with E-state index in [1.807, 2.05) is 0 Å². The van der Waals surface area contributed by atoms with Gasteiger partial charge in [-0.2, -0.15) is 13.2 Å². The molecule has 40 heavy (non-hydrogen) atoms. The molecule has 1 aliphatic rings. The van der Waals surface area contributed by atoms with Crippen molar-refractivity contribution in [2.45, 2.75) is 31.7 Å². The lowest BCUT2D eigenvalue weighted by Gasteiger charge is -2.37. The fourth-order valence-electron chi connectivity index (χ4n) is 4.36. The number of hydrogen-bond acceptors (Lipinski definition) is 8. The van der Waals surface area contributed by atoms with E-state index >= 15 is 0 Å². The monoisotopic (exact) mass is 561 g/mol. The maximum Gasteiger partial charge on any atom is 0.433 e. The van der Waals surface area contributed by atoms with E-state index < -0.39 is 29.4 Å². The molecule has 1 aromatic carbocycles. The van der Waals surface area contributed by atoms with Crippen LogP contribution in [0.1, 0.15) is 41.8 Å². The van der Waals surface area contributed by atoms with Crippen molar-refractivity contribution in [3.63, 3.8) is 0 Å². The number of rotatable bonds is 7. The molecule has 0 saturated carbocycles. The van der Waals surface area contributed by atoms with Gasteiger partial charge in [-0.15, -0.1) is 6.58 Å². The summed E-state index contributed by atoms with van der Waals surface area (Å²) in [6.45, 7) is 8.09. The first kappa shape index (κ1) is 29.0. The van der Waals surface area contributed by atoms with Crippen LogP contribution in [-0.2, 0) is 15.7 Å². The maximum absolute atomic E-state index is 13.6. The van der Waals surface area contributed by atoms with E-state index in [0.29, 0.717) is 18.7 Å². The van der Waals surface area contributed by atoms with Gasteiger partial charge in [0.1, 0.15) is 22.6 Å². The zero-order valence-electron chi connectivity index (χ0n) is 22.5. The highest BCUT2D eigenvalue weighted by atomic mass is 19.4. The second-order valence-electron chi connectivity index (χ2n) is 9.70. The fourth-order valence-corrected chi connectivity index (χ4v) is 4.36. The number of alkyl halides is 3. The number of piperazine rings is 1. The molecule has 0 bridgehead atoms. The molecule has 1 fully saturated rings. The van der Waals surface area contributed by atoms with Crippen LogP contribution in [0.2, 0.25) is 0 Å². The summed E-state index contributed by atoms with van der Waals surface area (Å²) < 4.78 is 56.5. The van der Waals surface area contributed by atoms with Gasteiger partial charge in [-0.25, -0.2) is 9.97 Å². The number of fused-ring (bicyclic) bond motifs is 1. The summed E-state index contributed by atoms with van der Waals surface area (Å²) in [5.41, 5.74) is 4.28. The normalized spacial score (nSPS) is 15.3. The topological polar surface area (TPSA) is 124 Å². The maximum atomic E-state index is 13.6. The first-order valence-corrected chi connectivity index (χ1v) is 12.4. The average Bonchev–Trinajstić information content (AvgIpc) is 3.39. The number of carbonyl (C=O) groups is 2. The van der Waals surface area contributed by atoms with Crippen LogP contribution >= 0.6 is 0 Å². The molecule has 0 unspecified atom stereocenters. The van der Waals surface area contributed by atoms with E-state index in [1.165, 1.54) is 37.3 Å². The second-order valence-corrected chi connectivity index (χ2v) is 9.70. The number of oxazole rings is 1. The Labute approximate surface area is 228 Å².